The van der Waals surface area contributed by atoms with Crippen LogP contribution in [0.2, 0.25) is 0 Å². The number of likely N-dealkylation sites (N-methyl/N-ethyl adjacent to an activating group) is 1. The Kier molecular flexibility index (Phi) is 47.8. The van der Waals surface area contributed by atoms with Crippen LogP contribution in [0.3, 0.4) is 0 Å². The summed E-state index contributed by atoms with van der Waals surface area (Å²) in [5.41, 5.74) is 0. The fraction of sp³-hybridized carbons (Fsp3) is 0.700. The Balaban J connectivity index is -0.0000000459. The third-order valence-electron chi connectivity index (χ3n) is 0.539. The zero-order valence-corrected chi connectivity index (χ0v) is 11.8. The molecule has 8 N–H and O–H groups in total. The molecular weight excluding hydrogens is 260 g/mol. The molecule has 0 spiro atoms. The lowest BCUT2D eigenvalue weighted by Gasteiger charge is -1.91. The van der Waals surface area contributed by atoms with Gasteiger partial charge in [-0.15, -0.1) is 0 Å². The van der Waals surface area contributed by atoms with E-state index in [1.54, 1.807) is 0 Å². The zero-order chi connectivity index (χ0) is 15.6. The van der Waals surface area contributed by atoms with Crippen molar-refractivity contribution in [1.82, 2.24) is 11.5 Å². The van der Waals surface area contributed by atoms with Crippen molar-refractivity contribution in [2.75, 3.05) is 19.7 Å². The molecule has 118 valence electrons. The normalized spacial score (nSPS) is 6.79. The van der Waals surface area contributed by atoms with Gasteiger partial charge in [0.15, 0.2) is 0 Å². The summed E-state index contributed by atoms with van der Waals surface area (Å²) in [5.74, 6) is -2.50. The average molecular weight is 286 g/mol. The van der Waals surface area contributed by atoms with Crippen molar-refractivity contribution in [3.63, 3.8) is 0 Å². The van der Waals surface area contributed by atoms with Gasteiger partial charge in [-0.2, -0.15) is 0 Å². The second-order valence-corrected chi connectivity index (χ2v) is 2.63. The number of aliphatic carboxylic acids is 3. The smallest absolute Gasteiger partial charge is 0.300 e. The lowest BCUT2D eigenvalue weighted by molar-refractivity contribution is -0.135. The molecule has 0 radical (unpaired) electrons. The maximum Gasteiger partial charge on any atom is 0.300 e. The summed E-state index contributed by atoms with van der Waals surface area (Å²) in [6.07, 6.45) is 0. The van der Waals surface area contributed by atoms with E-state index in [0.717, 1.165) is 33.9 Å². The summed E-state index contributed by atoms with van der Waals surface area (Å²) < 4.78 is 0. The summed E-state index contributed by atoms with van der Waals surface area (Å²) in [7, 11) is 0. The Morgan fingerprint density at radius 3 is 1.16 bits per heavy atom. The molecule has 0 aromatic rings. The molecule has 0 rings (SSSR count). The van der Waals surface area contributed by atoms with Crippen LogP contribution in [0.25, 0.3) is 0 Å². The number of nitrogens with one attached hydrogen (secondary N) is 1. The van der Waals surface area contributed by atoms with Gasteiger partial charge in [0.1, 0.15) is 0 Å². The highest BCUT2D eigenvalue weighted by molar-refractivity contribution is 5.63. The first-order valence-corrected chi connectivity index (χ1v) is 5.01. The first-order valence-electron chi connectivity index (χ1n) is 5.01. The Hall–Kier alpha value is -1.71. The minimum absolute atomic E-state index is 0. The molecule has 19 heavy (non-hydrogen) atoms. The number of carboxylic acid groups (broad SMARTS) is 3. The Morgan fingerprint density at radius 1 is 0.895 bits per heavy atom. The summed E-state index contributed by atoms with van der Waals surface area (Å²) in [6, 6.07) is 0. The third-order valence-corrected chi connectivity index (χ3v) is 0.539. The molecule has 0 aliphatic carbocycles. The highest BCUT2D eigenvalue weighted by Crippen LogP contribution is 1.51. The second kappa shape index (κ2) is 29.9. The average Bonchev–Trinajstić information content (AvgIpc) is 2.11. The van der Waals surface area contributed by atoms with Crippen LogP contribution in [-0.4, -0.2) is 58.0 Å². The number of rotatable bonds is 3. The van der Waals surface area contributed by atoms with Crippen molar-refractivity contribution >= 4 is 17.9 Å². The molecule has 0 aliphatic rings. The van der Waals surface area contributed by atoms with Crippen molar-refractivity contribution in [2.45, 2.75) is 27.7 Å². The topological polar surface area (TPSA) is 179 Å². The number of hydrogen-bond acceptors (Lipinski definition) is 6. The highest BCUT2D eigenvalue weighted by atomic mass is 16.4. The zero-order valence-electron chi connectivity index (χ0n) is 11.8. The van der Waals surface area contributed by atoms with E-state index in [1.165, 1.54) is 0 Å². The molecule has 9 nitrogen and oxygen atoms in total. The van der Waals surface area contributed by atoms with E-state index in [2.05, 4.69) is 5.32 Å². The quantitative estimate of drug-likeness (QED) is 0.390. The number of carbonyl (C=O) groups is 3. The Bertz CT molecular complexity index is 166. The van der Waals surface area contributed by atoms with E-state index in [1.807, 2.05) is 6.92 Å². The number of hydrogen-bond donors (Lipinski definition) is 6. The van der Waals surface area contributed by atoms with Crippen LogP contribution in [0.15, 0.2) is 0 Å². The van der Waals surface area contributed by atoms with Gasteiger partial charge in [-0.25, -0.2) is 0 Å². The molecule has 0 atom stereocenters. The van der Waals surface area contributed by atoms with Crippen molar-refractivity contribution in [3.8, 4) is 0 Å². The number of aliphatic hydroxyl groups excluding tert-OH is 1. The molecule has 0 unspecified atom stereocenters. The highest BCUT2D eigenvalue weighted by Gasteiger charge is 1.72. The lowest BCUT2D eigenvalue weighted by Crippen LogP contribution is -2.16. The third kappa shape index (κ3) is 2000. The van der Waals surface area contributed by atoms with Gasteiger partial charge in [-0.3, -0.25) is 14.4 Å². The molecule has 0 fully saturated rings. The van der Waals surface area contributed by atoms with Crippen molar-refractivity contribution in [2.24, 2.45) is 0 Å². The summed E-state index contributed by atoms with van der Waals surface area (Å²) in [4.78, 5) is 27.0. The Morgan fingerprint density at radius 2 is 1.11 bits per heavy atom. The fourth-order valence-corrected chi connectivity index (χ4v) is 0.256. The van der Waals surface area contributed by atoms with E-state index < -0.39 is 17.9 Å². The van der Waals surface area contributed by atoms with Gasteiger partial charge in [0.2, 0.25) is 0 Å². The van der Waals surface area contributed by atoms with Gasteiger partial charge in [0.25, 0.3) is 17.9 Å². The van der Waals surface area contributed by atoms with E-state index >= 15 is 0 Å². The molecule has 0 heterocycles. The predicted molar refractivity (Wildman–Crippen MR) is 70.6 cm³/mol. The van der Waals surface area contributed by atoms with Gasteiger partial charge in [0, 0.05) is 27.3 Å². The molecule has 0 aromatic carbocycles. The number of aliphatic hydroxyl groups is 1. The molecule has 0 bridgehead atoms. The first-order chi connectivity index (χ1) is 8.11. The molecule has 0 aliphatic heterocycles. The largest absolute Gasteiger partial charge is 0.481 e. The summed E-state index contributed by atoms with van der Waals surface area (Å²) >= 11 is 0. The van der Waals surface area contributed by atoms with Crippen molar-refractivity contribution in [3.05, 3.63) is 0 Å². The molecular formula is C10H26N2O7. The van der Waals surface area contributed by atoms with Crippen LogP contribution in [0, 0.1) is 0 Å². The fourth-order valence-electron chi connectivity index (χ4n) is 0.256. The Labute approximate surface area is 112 Å². The SMILES string of the molecule is CC(=O)O.CC(=O)O.CC(=O)O.CCNCCO.N. The van der Waals surface area contributed by atoms with Gasteiger partial charge in [0.05, 0.1) is 6.61 Å². The lowest BCUT2D eigenvalue weighted by atomic mass is 10.6. The van der Waals surface area contributed by atoms with Gasteiger partial charge >= 0.3 is 0 Å². The molecule has 0 saturated heterocycles. The van der Waals surface area contributed by atoms with Gasteiger partial charge in [-0.1, -0.05) is 6.92 Å². The van der Waals surface area contributed by atoms with E-state index in [-0.39, 0.29) is 12.8 Å². The first kappa shape index (κ1) is 30.4. The van der Waals surface area contributed by atoms with Crippen LogP contribution in [0.1, 0.15) is 27.7 Å². The minimum Gasteiger partial charge on any atom is -0.481 e. The van der Waals surface area contributed by atoms with Crippen LogP contribution >= 0.6 is 0 Å². The molecule has 0 saturated carbocycles. The van der Waals surface area contributed by atoms with E-state index in [4.69, 9.17) is 34.8 Å². The molecule has 0 amide bonds. The maximum absolute atomic E-state index is 9.00. The molecule has 0 aromatic heterocycles. The predicted octanol–water partition coefficient (Wildman–Crippen LogP) is 0.0229. The van der Waals surface area contributed by atoms with Crippen molar-refractivity contribution in [1.29, 1.82) is 0 Å². The van der Waals surface area contributed by atoms with Gasteiger partial charge < -0.3 is 31.9 Å². The van der Waals surface area contributed by atoms with E-state index in [0.29, 0.717) is 0 Å². The molecule has 9 heteroatoms. The van der Waals surface area contributed by atoms with E-state index in [9.17, 15) is 0 Å². The van der Waals surface area contributed by atoms with Crippen molar-refractivity contribution < 1.29 is 34.8 Å². The van der Waals surface area contributed by atoms with Crippen LogP contribution < -0.4 is 11.5 Å². The van der Waals surface area contributed by atoms with Crippen LogP contribution in [0.4, 0.5) is 0 Å². The van der Waals surface area contributed by atoms with Gasteiger partial charge in [-0.05, 0) is 6.54 Å². The summed E-state index contributed by atoms with van der Waals surface area (Å²) in [5, 5.41) is 33.3. The summed E-state index contributed by atoms with van der Waals surface area (Å²) in [6.45, 7) is 7.17. The number of carboxylic acids is 3. The maximum atomic E-state index is 9.00. The second-order valence-electron chi connectivity index (χ2n) is 2.63. The van der Waals surface area contributed by atoms with Crippen LogP contribution in [0.5, 0.6) is 0 Å². The standard InChI is InChI=1S/C4H11NO.3C2H4O2.H3N/c1-2-5-3-4-6;3*1-2(3)4;/h5-6H,2-4H2,1H3;3*1H3,(H,3,4);1H3. The monoisotopic (exact) mass is 286 g/mol. The minimum atomic E-state index is -0.833. The van der Waals surface area contributed by atoms with Crippen LogP contribution in [-0.2, 0) is 14.4 Å².